The Morgan fingerprint density at radius 2 is 1.48 bits per heavy atom. The number of aromatic nitrogens is 3. The number of benzene rings is 4. The minimum Gasteiger partial charge on any atom is -0.321 e. The normalized spacial score (nSPS) is 14.7. The highest BCUT2D eigenvalue weighted by Gasteiger charge is 2.30. The zero-order valence-corrected chi connectivity index (χ0v) is 23.0. The summed E-state index contributed by atoms with van der Waals surface area (Å²) in [5.41, 5.74) is 11.0. The largest absolute Gasteiger partial charge is 0.321 e. The van der Waals surface area contributed by atoms with E-state index in [4.69, 9.17) is 10.2 Å². The van der Waals surface area contributed by atoms with E-state index in [1.165, 1.54) is 0 Å². The van der Waals surface area contributed by atoms with E-state index >= 15 is 0 Å². The summed E-state index contributed by atoms with van der Waals surface area (Å²) in [6, 6.07) is 36.1. The van der Waals surface area contributed by atoms with Gasteiger partial charge in [-0.2, -0.15) is 10.2 Å². The quantitative estimate of drug-likeness (QED) is 0.224. The maximum atomic E-state index is 13.6. The molecule has 1 aliphatic heterocycles. The molecule has 0 bridgehead atoms. The van der Waals surface area contributed by atoms with Crippen molar-refractivity contribution < 1.29 is 0 Å². The van der Waals surface area contributed by atoms with Crippen LogP contribution in [0.25, 0.3) is 39.0 Å². The number of H-pyrrole nitrogens is 1. The van der Waals surface area contributed by atoms with Crippen LogP contribution in [-0.2, 0) is 0 Å². The fourth-order valence-electron chi connectivity index (χ4n) is 5.40. The second kappa shape index (κ2) is 10.1. The van der Waals surface area contributed by atoms with Crippen molar-refractivity contribution in [3.05, 3.63) is 141 Å². The molecule has 0 amide bonds. The van der Waals surface area contributed by atoms with E-state index in [0.717, 1.165) is 54.7 Å². The van der Waals surface area contributed by atoms with Gasteiger partial charge in [-0.3, -0.25) is 4.79 Å². The Bertz CT molecular complexity index is 1930. The van der Waals surface area contributed by atoms with Crippen LogP contribution < -0.4 is 11.0 Å². The summed E-state index contributed by atoms with van der Waals surface area (Å²) < 4.78 is 2.85. The van der Waals surface area contributed by atoms with Gasteiger partial charge in [0.05, 0.1) is 28.7 Å². The van der Waals surface area contributed by atoms with Crippen molar-refractivity contribution in [2.45, 2.75) is 12.5 Å². The minimum absolute atomic E-state index is 0.149. The second-order valence-electron chi connectivity index (χ2n) is 9.78. The molecule has 7 rings (SSSR count). The van der Waals surface area contributed by atoms with Crippen molar-refractivity contribution in [2.75, 3.05) is 0 Å². The molecule has 1 aliphatic rings. The summed E-state index contributed by atoms with van der Waals surface area (Å²) in [5, 5.41) is 10.7. The maximum Gasteiger partial charge on any atom is 0.258 e. The van der Waals surface area contributed by atoms with Gasteiger partial charge in [-0.25, -0.2) is 4.68 Å². The van der Waals surface area contributed by atoms with E-state index in [-0.39, 0.29) is 11.6 Å². The average Bonchev–Trinajstić information content (AvgIpc) is 3.66. The Morgan fingerprint density at radius 3 is 2.20 bits per heavy atom. The molecular weight excluding hydrogens is 562 g/mol. The number of fused-ring (bicyclic) bond motifs is 1. The molecule has 40 heavy (non-hydrogen) atoms. The lowest BCUT2D eigenvalue weighted by atomic mass is 9.91. The second-order valence-corrected chi connectivity index (χ2v) is 10.7. The fraction of sp³-hybridized carbons (Fsp3) is 0.0606. The van der Waals surface area contributed by atoms with Crippen LogP contribution in [0.5, 0.6) is 0 Å². The molecule has 1 atom stereocenters. The van der Waals surface area contributed by atoms with Crippen molar-refractivity contribution in [1.82, 2.24) is 20.2 Å². The molecule has 0 aliphatic carbocycles. The smallest absolute Gasteiger partial charge is 0.258 e. The SMILES string of the molecule is O=c1[nH]c2ccc(Br)cc2c(-c2ccccc2)c1C1=NN[C@@H](c2cn(-c3ccccc3)nc2-c2ccccc2)C1. The predicted octanol–water partition coefficient (Wildman–Crippen LogP) is 7.25. The Morgan fingerprint density at radius 1 is 0.800 bits per heavy atom. The summed E-state index contributed by atoms with van der Waals surface area (Å²) in [6.45, 7) is 0. The van der Waals surface area contributed by atoms with Gasteiger partial charge >= 0.3 is 0 Å². The lowest BCUT2D eigenvalue weighted by Gasteiger charge is -2.14. The number of hydrogen-bond donors (Lipinski definition) is 2. The maximum absolute atomic E-state index is 13.6. The number of para-hydroxylation sites is 1. The molecule has 0 saturated heterocycles. The fourth-order valence-corrected chi connectivity index (χ4v) is 5.76. The van der Waals surface area contributed by atoms with Crippen LogP contribution in [0.3, 0.4) is 0 Å². The Hall–Kier alpha value is -4.75. The van der Waals surface area contributed by atoms with Crippen LogP contribution in [0, 0.1) is 0 Å². The standard InChI is InChI=1S/C33H24BrN5O/c34-23-16-17-27-25(18-23)30(21-10-4-1-5-11-21)31(33(40)35-27)29-19-28(36-37-29)26-20-39(24-14-8-3-9-15-24)38-32(26)22-12-6-2-7-13-22/h1-18,20,28,36H,19H2,(H,35,40)/t28-/m1/s1. The van der Waals surface area contributed by atoms with Gasteiger partial charge in [0.15, 0.2) is 0 Å². The Labute approximate surface area is 239 Å². The van der Waals surface area contributed by atoms with Gasteiger partial charge < -0.3 is 10.4 Å². The van der Waals surface area contributed by atoms with Crippen LogP contribution in [0.15, 0.2) is 130 Å². The number of halogens is 1. The van der Waals surface area contributed by atoms with Crippen molar-refractivity contribution in [1.29, 1.82) is 0 Å². The molecule has 4 aromatic carbocycles. The van der Waals surface area contributed by atoms with E-state index in [9.17, 15) is 4.79 Å². The average molecular weight is 586 g/mol. The first-order chi connectivity index (χ1) is 19.7. The highest BCUT2D eigenvalue weighted by Crippen LogP contribution is 2.36. The predicted molar refractivity (Wildman–Crippen MR) is 164 cm³/mol. The lowest BCUT2D eigenvalue weighted by Crippen LogP contribution is -2.20. The lowest BCUT2D eigenvalue weighted by molar-refractivity contribution is 0.621. The first-order valence-corrected chi connectivity index (χ1v) is 13.9. The minimum atomic E-state index is -0.155. The van der Waals surface area contributed by atoms with Crippen LogP contribution in [0.1, 0.15) is 23.6 Å². The van der Waals surface area contributed by atoms with E-state index in [2.05, 4.69) is 50.7 Å². The summed E-state index contributed by atoms with van der Waals surface area (Å²) >= 11 is 3.61. The van der Waals surface area contributed by atoms with Crippen molar-refractivity contribution in [3.8, 4) is 28.1 Å². The van der Waals surface area contributed by atoms with Gasteiger partial charge in [0.25, 0.3) is 5.56 Å². The molecule has 0 unspecified atom stereocenters. The van der Waals surface area contributed by atoms with E-state index in [1.54, 1.807) is 0 Å². The van der Waals surface area contributed by atoms with Crippen molar-refractivity contribution in [3.63, 3.8) is 0 Å². The molecule has 0 fully saturated rings. The van der Waals surface area contributed by atoms with Crippen LogP contribution in [0.4, 0.5) is 0 Å². The number of hydrogen-bond acceptors (Lipinski definition) is 4. The summed E-state index contributed by atoms with van der Waals surface area (Å²) in [7, 11) is 0. The first-order valence-electron chi connectivity index (χ1n) is 13.1. The van der Waals surface area contributed by atoms with Crippen LogP contribution in [-0.4, -0.2) is 20.5 Å². The highest BCUT2D eigenvalue weighted by molar-refractivity contribution is 9.10. The molecule has 6 nitrogen and oxygen atoms in total. The number of rotatable bonds is 5. The summed E-state index contributed by atoms with van der Waals surface area (Å²) in [5.74, 6) is 0. The number of nitrogens with zero attached hydrogens (tertiary/aromatic N) is 3. The zero-order valence-electron chi connectivity index (χ0n) is 21.4. The molecule has 2 aromatic heterocycles. The van der Waals surface area contributed by atoms with Gasteiger partial charge in [0, 0.05) is 44.7 Å². The van der Waals surface area contributed by atoms with Gasteiger partial charge in [-0.05, 0) is 35.9 Å². The van der Waals surface area contributed by atoms with Gasteiger partial charge in [-0.1, -0.05) is 94.8 Å². The molecule has 194 valence electrons. The number of nitrogens with one attached hydrogen (secondary N) is 2. The third kappa shape index (κ3) is 4.34. The topological polar surface area (TPSA) is 75.1 Å². The zero-order chi connectivity index (χ0) is 27.1. The molecule has 6 aromatic rings. The van der Waals surface area contributed by atoms with Gasteiger partial charge in [-0.15, -0.1) is 0 Å². The molecule has 7 heteroatoms. The molecule has 3 heterocycles. The number of aromatic amines is 1. The first kappa shape index (κ1) is 24.3. The highest BCUT2D eigenvalue weighted by atomic mass is 79.9. The number of pyridine rings is 1. The summed E-state index contributed by atoms with van der Waals surface area (Å²) in [6.07, 6.45) is 2.61. The van der Waals surface area contributed by atoms with Crippen LogP contribution >= 0.6 is 15.9 Å². The Balaban J connectivity index is 1.34. The molecular formula is C33H24BrN5O. The third-order valence-electron chi connectivity index (χ3n) is 7.27. The van der Waals surface area contributed by atoms with Gasteiger partial charge in [0.2, 0.25) is 0 Å². The molecule has 0 spiro atoms. The molecule has 0 saturated carbocycles. The van der Waals surface area contributed by atoms with E-state index < -0.39 is 0 Å². The van der Waals surface area contributed by atoms with Crippen molar-refractivity contribution in [2.24, 2.45) is 5.10 Å². The third-order valence-corrected chi connectivity index (χ3v) is 7.76. The van der Waals surface area contributed by atoms with Crippen LogP contribution in [0.2, 0.25) is 0 Å². The van der Waals surface area contributed by atoms with Gasteiger partial charge in [0.1, 0.15) is 0 Å². The van der Waals surface area contributed by atoms with E-state index in [1.807, 2.05) is 95.7 Å². The molecule has 2 N–H and O–H groups in total. The number of hydrazone groups is 1. The molecule has 0 radical (unpaired) electrons. The summed E-state index contributed by atoms with van der Waals surface area (Å²) in [4.78, 5) is 16.7. The van der Waals surface area contributed by atoms with Crippen molar-refractivity contribution >= 4 is 32.5 Å². The Kier molecular flexibility index (Phi) is 6.13. The van der Waals surface area contributed by atoms with E-state index in [0.29, 0.717) is 12.0 Å². The monoisotopic (exact) mass is 585 g/mol.